The minimum absolute atomic E-state index is 0.0634. The van der Waals surface area contributed by atoms with Gasteiger partial charge >= 0.3 is 0 Å². The first-order valence-electron chi connectivity index (χ1n) is 9.38. The lowest BCUT2D eigenvalue weighted by atomic mass is 10.1. The molecule has 0 aliphatic carbocycles. The van der Waals surface area contributed by atoms with E-state index in [0.717, 1.165) is 5.56 Å². The molecule has 4 rings (SSSR count). The van der Waals surface area contributed by atoms with Gasteiger partial charge in [-0.15, -0.1) is 0 Å². The van der Waals surface area contributed by atoms with E-state index in [1.807, 2.05) is 6.07 Å². The van der Waals surface area contributed by atoms with Crippen molar-refractivity contribution in [1.29, 1.82) is 0 Å². The first-order chi connectivity index (χ1) is 14.4. The Balaban J connectivity index is 1.48. The molecule has 1 amide bonds. The molecule has 2 aliphatic rings. The maximum atomic E-state index is 12.8. The fourth-order valence-electron chi connectivity index (χ4n) is 3.12. The maximum absolute atomic E-state index is 12.8. The lowest BCUT2D eigenvalue weighted by molar-refractivity contribution is 0.0730. The summed E-state index contributed by atoms with van der Waals surface area (Å²) in [5.74, 6) is 0.775. The Morgan fingerprint density at radius 3 is 2.60 bits per heavy atom. The number of hydrogen-bond donors (Lipinski definition) is 1. The summed E-state index contributed by atoms with van der Waals surface area (Å²) in [6.45, 7) is 3.21. The van der Waals surface area contributed by atoms with E-state index in [4.69, 9.17) is 14.2 Å². The molecule has 30 heavy (non-hydrogen) atoms. The van der Waals surface area contributed by atoms with Crippen LogP contribution in [0.2, 0.25) is 0 Å². The molecule has 2 aliphatic heterocycles. The average Bonchev–Trinajstić information content (AvgIpc) is 3.26. The summed E-state index contributed by atoms with van der Waals surface area (Å²) in [5.41, 5.74) is 4.01. The summed E-state index contributed by atoms with van der Waals surface area (Å²) in [6, 6.07) is 11.3. The molecule has 0 saturated carbocycles. The van der Waals surface area contributed by atoms with E-state index in [1.165, 1.54) is 22.5 Å². The molecule has 0 spiro atoms. The van der Waals surface area contributed by atoms with Gasteiger partial charge in [-0.1, -0.05) is 6.07 Å². The second-order valence-corrected chi connectivity index (χ2v) is 8.69. The van der Waals surface area contributed by atoms with Gasteiger partial charge in [-0.3, -0.25) is 4.79 Å². The predicted molar refractivity (Wildman–Crippen MR) is 108 cm³/mol. The fourth-order valence-corrected chi connectivity index (χ4v) is 4.57. The van der Waals surface area contributed by atoms with Gasteiger partial charge in [-0.2, -0.15) is 9.41 Å². The zero-order chi connectivity index (χ0) is 21.1. The Morgan fingerprint density at radius 1 is 1.03 bits per heavy atom. The molecular weight excluding hydrogens is 410 g/mol. The number of hydrazone groups is 1. The number of carbonyl (C=O) groups is 1. The Bertz CT molecular complexity index is 1090. The van der Waals surface area contributed by atoms with Crippen molar-refractivity contribution in [1.82, 2.24) is 9.73 Å². The van der Waals surface area contributed by atoms with E-state index < -0.39 is 15.9 Å². The number of amides is 1. The third-order valence-corrected chi connectivity index (χ3v) is 6.71. The summed E-state index contributed by atoms with van der Waals surface area (Å²) >= 11 is 0. The zero-order valence-electron chi connectivity index (χ0n) is 16.3. The first-order valence-corrected chi connectivity index (χ1v) is 10.8. The first kappa shape index (κ1) is 20.3. The van der Waals surface area contributed by atoms with Crippen molar-refractivity contribution >= 4 is 21.6 Å². The molecule has 158 valence electrons. The lowest BCUT2D eigenvalue weighted by Crippen LogP contribution is -2.40. The van der Waals surface area contributed by atoms with Crippen molar-refractivity contribution in [3.63, 3.8) is 0 Å². The van der Waals surface area contributed by atoms with Crippen molar-refractivity contribution in [3.8, 4) is 11.5 Å². The Labute approximate surface area is 174 Å². The van der Waals surface area contributed by atoms with E-state index in [-0.39, 0.29) is 30.3 Å². The minimum atomic E-state index is -3.69. The van der Waals surface area contributed by atoms with Crippen LogP contribution in [0.3, 0.4) is 0 Å². The van der Waals surface area contributed by atoms with Crippen molar-refractivity contribution in [2.45, 2.75) is 11.8 Å². The van der Waals surface area contributed by atoms with Gasteiger partial charge in [-0.25, -0.2) is 13.8 Å². The van der Waals surface area contributed by atoms with Crippen LogP contribution in [-0.4, -0.2) is 57.4 Å². The van der Waals surface area contributed by atoms with Gasteiger partial charge < -0.3 is 14.2 Å². The van der Waals surface area contributed by atoms with E-state index in [0.29, 0.717) is 30.4 Å². The summed E-state index contributed by atoms with van der Waals surface area (Å²) < 4.78 is 42.8. The van der Waals surface area contributed by atoms with Crippen LogP contribution < -0.4 is 14.9 Å². The number of nitrogens with zero attached hydrogens (tertiary/aromatic N) is 2. The molecule has 9 nitrogen and oxygen atoms in total. The highest BCUT2D eigenvalue weighted by Crippen LogP contribution is 2.32. The molecule has 1 fully saturated rings. The van der Waals surface area contributed by atoms with Crippen LogP contribution in [0.25, 0.3) is 0 Å². The number of carbonyl (C=O) groups excluding carboxylic acids is 1. The van der Waals surface area contributed by atoms with Gasteiger partial charge in [0, 0.05) is 24.2 Å². The molecular formula is C20H21N3O6S. The molecule has 2 aromatic rings. The molecule has 2 aromatic carbocycles. The van der Waals surface area contributed by atoms with Crippen LogP contribution in [0.5, 0.6) is 11.5 Å². The van der Waals surface area contributed by atoms with Crippen LogP contribution in [0.1, 0.15) is 22.8 Å². The van der Waals surface area contributed by atoms with Crippen molar-refractivity contribution in [3.05, 3.63) is 53.6 Å². The van der Waals surface area contributed by atoms with Crippen LogP contribution >= 0.6 is 0 Å². The fraction of sp³-hybridized carbons (Fsp3) is 0.300. The van der Waals surface area contributed by atoms with Gasteiger partial charge in [0.1, 0.15) is 0 Å². The Morgan fingerprint density at radius 2 is 1.80 bits per heavy atom. The van der Waals surface area contributed by atoms with Gasteiger partial charge in [0.25, 0.3) is 5.91 Å². The van der Waals surface area contributed by atoms with Crippen LogP contribution in [0.4, 0.5) is 0 Å². The standard InChI is InChI=1S/C20H21N3O6S/c1-14(15-5-6-18-19(12-15)29-13-28-18)21-22-20(24)16-3-2-4-17(11-16)30(25,26)23-7-9-27-10-8-23/h2-6,11-12H,7-10,13H2,1H3,(H,22,24)/b21-14-. The SMILES string of the molecule is C/C(=N/NC(=O)c1cccc(S(=O)(=O)N2CCOCC2)c1)c1ccc2c(c1)OCO2. The number of ether oxygens (including phenoxy) is 3. The highest BCUT2D eigenvalue weighted by Gasteiger charge is 2.26. The molecule has 0 unspecified atom stereocenters. The number of fused-ring (bicyclic) bond motifs is 1. The molecule has 0 atom stereocenters. The summed E-state index contributed by atoms with van der Waals surface area (Å²) in [4.78, 5) is 12.6. The third kappa shape index (κ3) is 4.16. The predicted octanol–water partition coefficient (Wildman–Crippen LogP) is 1.59. The number of sulfonamides is 1. The molecule has 10 heteroatoms. The molecule has 0 bridgehead atoms. The molecule has 0 radical (unpaired) electrons. The molecule has 1 N–H and O–H groups in total. The highest BCUT2D eigenvalue weighted by molar-refractivity contribution is 7.89. The van der Waals surface area contributed by atoms with E-state index >= 15 is 0 Å². The van der Waals surface area contributed by atoms with Crippen molar-refractivity contribution in [2.75, 3.05) is 33.1 Å². The normalized spacial score (nSPS) is 17.0. The summed E-state index contributed by atoms with van der Waals surface area (Å²) in [7, 11) is -3.69. The number of hydrogen-bond acceptors (Lipinski definition) is 7. The minimum Gasteiger partial charge on any atom is -0.454 e. The second kappa shape index (κ2) is 8.42. The van der Waals surface area contributed by atoms with Gasteiger partial charge in [0.05, 0.1) is 23.8 Å². The average molecular weight is 431 g/mol. The topological polar surface area (TPSA) is 107 Å². The molecule has 2 heterocycles. The van der Waals surface area contributed by atoms with E-state index in [9.17, 15) is 13.2 Å². The quantitative estimate of drug-likeness (QED) is 0.569. The maximum Gasteiger partial charge on any atom is 0.271 e. The Hall–Kier alpha value is -2.95. The largest absolute Gasteiger partial charge is 0.454 e. The number of benzene rings is 2. The van der Waals surface area contributed by atoms with Gasteiger partial charge in [0.2, 0.25) is 16.8 Å². The van der Waals surface area contributed by atoms with Crippen molar-refractivity contribution in [2.24, 2.45) is 5.10 Å². The number of rotatable bonds is 5. The van der Waals surface area contributed by atoms with Crippen LogP contribution in [0.15, 0.2) is 52.5 Å². The number of morpholine rings is 1. The summed E-state index contributed by atoms with van der Waals surface area (Å²) in [5, 5.41) is 4.12. The lowest BCUT2D eigenvalue weighted by Gasteiger charge is -2.26. The van der Waals surface area contributed by atoms with Crippen LogP contribution in [-0.2, 0) is 14.8 Å². The molecule has 1 saturated heterocycles. The van der Waals surface area contributed by atoms with Gasteiger partial charge in [-0.05, 0) is 43.3 Å². The second-order valence-electron chi connectivity index (χ2n) is 6.75. The zero-order valence-corrected chi connectivity index (χ0v) is 17.1. The Kier molecular flexibility index (Phi) is 5.71. The van der Waals surface area contributed by atoms with Gasteiger partial charge in [0.15, 0.2) is 11.5 Å². The van der Waals surface area contributed by atoms with E-state index in [2.05, 4.69) is 10.5 Å². The highest BCUT2D eigenvalue weighted by atomic mass is 32.2. The smallest absolute Gasteiger partial charge is 0.271 e. The number of nitrogens with one attached hydrogen (secondary N) is 1. The van der Waals surface area contributed by atoms with Crippen molar-refractivity contribution < 1.29 is 27.4 Å². The third-order valence-electron chi connectivity index (χ3n) is 4.82. The molecule has 0 aromatic heterocycles. The monoisotopic (exact) mass is 431 g/mol. The summed E-state index contributed by atoms with van der Waals surface area (Å²) in [6.07, 6.45) is 0. The van der Waals surface area contributed by atoms with Crippen LogP contribution in [0, 0.1) is 0 Å². The van der Waals surface area contributed by atoms with E-state index in [1.54, 1.807) is 25.1 Å².